The van der Waals surface area contributed by atoms with Crippen LogP contribution in [0.4, 0.5) is 4.39 Å². The SMILES string of the molecule is C[C@H](CCO)CNC(=O)C1=NN(Cc2ccc(F)cc2)C(=O)CC1. The van der Waals surface area contributed by atoms with Crippen molar-refractivity contribution in [2.24, 2.45) is 11.0 Å². The number of carbonyl (C=O) groups excluding carboxylic acids is 2. The molecule has 1 aromatic rings. The van der Waals surface area contributed by atoms with Gasteiger partial charge < -0.3 is 10.4 Å². The number of halogens is 1. The van der Waals surface area contributed by atoms with Crippen molar-refractivity contribution in [2.75, 3.05) is 13.2 Å². The Morgan fingerprint density at radius 3 is 2.75 bits per heavy atom. The van der Waals surface area contributed by atoms with Gasteiger partial charge in [-0.25, -0.2) is 9.40 Å². The summed E-state index contributed by atoms with van der Waals surface area (Å²) in [5, 5.41) is 17.0. The Bertz CT molecular complexity index is 616. The van der Waals surface area contributed by atoms with Crippen LogP contribution in [0.25, 0.3) is 0 Å². The minimum absolute atomic E-state index is 0.0813. The van der Waals surface area contributed by atoms with Crippen molar-refractivity contribution in [3.8, 4) is 0 Å². The Balaban J connectivity index is 1.98. The Labute approximate surface area is 140 Å². The first-order valence-corrected chi connectivity index (χ1v) is 8.01. The van der Waals surface area contributed by atoms with Gasteiger partial charge in [0.25, 0.3) is 5.91 Å². The molecule has 1 aliphatic heterocycles. The van der Waals surface area contributed by atoms with Crippen LogP contribution in [-0.2, 0) is 16.1 Å². The van der Waals surface area contributed by atoms with E-state index in [4.69, 9.17) is 5.11 Å². The predicted octanol–water partition coefficient (Wildman–Crippen LogP) is 1.44. The molecule has 1 heterocycles. The van der Waals surface area contributed by atoms with Crippen molar-refractivity contribution in [3.05, 3.63) is 35.6 Å². The van der Waals surface area contributed by atoms with Crippen LogP contribution in [0.3, 0.4) is 0 Å². The van der Waals surface area contributed by atoms with Gasteiger partial charge in [0, 0.05) is 26.0 Å². The van der Waals surface area contributed by atoms with Crippen LogP contribution in [0.15, 0.2) is 29.4 Å². The van der Waals surface area contributed by atoms with Crippen LogP contribution in [0.2, 0.25) is 0 Å². The maximum atomic E-state index is 12.9. The molecule has 0 saturated heterocycles. The molecule has 0 radical (unpaired) electrons. The lowest BCUT2D eigenvalue weighted by atomic mass is 10.1. The monoisotopic (exact) mass is 335 g/mol. The summed E-state index contributed by atoms with van der Waals surface area (Å²) in [5.41, 5.74) is 1.06. The molecule has 2 amide bonds. The van der Waals surface area contributed by atoms with Crippen LogP contribution >= 0.6 is 0 Å². The first-order valence-electron chi connectivity index (χ1n) is 8.01. The minimum atomic E-state index is -0.343. The Morgan fingerprint density at radius 1 is 1.38 bits per heavy atom. The summed E-state index contributed by atoms with van der Waals surface area (Å²) < 4.78 is 12.9. The average Bonchev–Trinajstić information content (AvgIpc) is 2.57. The van der Waals surface area contributed by atoms with Gasteiger partial charge in [-0.1, -0.05) is 19.1 Å². The lowest BCUT2D eigenvalue weighted by Gasteiger charge is -2.23. The molecule has 24 heavy (non-hydrogen) atoms. The molecule has 2 N–H and O–H groups in total. The number of carbonyl (C=O) groups is 2. The molecule has 0 saturated carbocycles. The standard InChI is InChI=1S/C17H22FN3O3/c1-12(8-9-22)10-19-17(24)15-6-7-16(23)21(20-15)11-13-2-4-14(18)5-3-13/h2-5,12,22H,6-11H2,1H3,(H,19,24)/t12-/m1/s1. The van der Waals surface area contributed by atoms with Crippen molar-refractivity contribution < 1.29 is 19.1 Å². The van der Waals surface area contributed by atoms with Crippen molar-refractivity contribution >= 4 is 17.5 Å². The summed E-state index contributed by atoms with van der Waals surface area (Å²) in [7, 11) is 0. The lowest BCUT2D eigenvalue weighted by molar-refractivity contribution is -0.132. The Morgan fingerprint density at radius 2 is 2.08 bits per heavy atom. The van der Waals surface area contributed by atoms with E-state index >= 15 is 0 Å². The summed E-state index contributed by atoms with van der Waals surface area (Å²) >= 11 is 0. The number of hydrogen-bond donors (Lipinski definition) is 2. The molecule has 1 aromatic carbocycles. The molecule has 130 valence electrons. The highest BCUT2D eigenvalue weighted by molar-refractivity contribution is 6.39. The van der Waals surface area contributed by atoms with E-state index in [9.17, 15) is 14.0 Å². The second-order valence-corrected chi connectivity index (χ2v) is 5.95. The van der Waals surface area contributed by atoms with Gasteiger partial charge >= 0.3 is 0 Å². The third-order valence-corrected chi connectivity index (χ3v) is 3.85. The minimum Gasteiger partial charge on any atom is -0.396 e. The average molecular weight is 335 g/mol. The van der Waals surface area contributed by atoms with Gasteiger partial charge in [-0.05, 0) is 30.0 Å². The topological polar surface area (TPSA) is 82.0 Å². The van der Waals surface area contributed by atoms with Gasteiger partial charge in [-0.3, -0.25) is 9.59 Å². The summed E-state index contributed by atoms with van der Waals surface area (Å²) in [6.45, 7) is 2.67. The first-order chi connectivity index (χ1) is 11.5. The molecule has 0 bridgehead atoms. The molecule has 6 nitrogen and oxygen atoms in total. The van der Waals surface area contributed by atoms with Crippen LogP contribution in [0.5, 0.6) is 0 Å². The van der Waals surface area contributed by atoms with E-state index in [0.29, 0.717) is 25.1 Å². The molecule has 0 aromatic heterocycles. The van der Waals surface area contributed by atoms with E-state index in [2.05, 4.69) is 10.4 Å². The van der Waals surface area contributed by atoms with Crippen molar-refractivity contribution in [3.63, 3.8) is 0 Å². The Hall–Kier alpha value is -2.28. The zero-order chi connectivity index (χ0) is 17.5. The van der Waals surface area contributed by atoms with E-state index in [0.717, 1.165) is 5.56 Å². The molecule has 1 aliphatic rings. The zero-order valence-electron chi connectivity index (χ0n) is 13.7. The fourth-order valence-electron chi connectivity index (χ4n) is 2.34. The highest BCUT2D eigenvalue weighted by atomic mass is 19.1. The number of nitrogens with zero attached hydrogens (tertiary/aromatic N) is 2. The quantitative estimate of drug-likeness (QED) is 0.791. The maximum Gasteiger partial charge on any atom is 0.267 e. The molecule has 0 aliphatic carbocycles. The largest absolute Gasteiger partial charge is 0.396 e. The van der Waals surface area contributed by atoms with Gasteiger partial charge in [0.15, 0.2) is 0 Å². The number of aliphatic hydroxyl groups is 1. The molecule has 0 unspecified atom stereocenters. The Kier molecular flexibility index (Phi) is 6.43. The predicted molar refractivity (Wildman–Crippen MR) is 87.5 cm³/mol. The first kappa shape index (κ1) is 18.1. The van der Waals surface area contributed by atoms with Gasteiger partial charge in [0.05, 0.1) is 6.54 Å². The van der Waals surface area contributed by atoms with E-state index < -0.39 is 0 Å². The maximum absolute atomic E-state index is 12.9. The number of aliphatic hydroxyl groups excluding tert-OH is 1. The molecule has 2 rings (SSSR count). The molecular weight excluding hydrogens is 313 g/mol. The highest BCUT2D eigenvalue weighted by Crippen LogP contribution is 2.14. The van der Waals surface area contributed by atoms with Crippen LogP contribution in [0.1, 0.15) is 31.7 Å². The lowest BCUT2D eigenvalue weighted by Crippen LogP contribution is -2.40. The summed E-state index contributed by atoms with van der Waals surface area (Å²) in [6.07, 6.45) is 1.14. The third kappa shape index (κ3) is 5.13. The number of nitrogens with one attached hydrogen (secondary N) is 1. The fourth-order valence-corrected chi connectivity index (χ4v) is 2.34. The highest BCUT2D eigenvalue weighted by Gasteiger charge is 2.24. The van der Waals surface area contributed by atoms with Gasteiger partial charge in [-0.2, -0.15) is 5.10 Å². The van der Waals surface area contributed by atoms with Gasteiger partial charge in [0.2, 0.25) is 5.91 Å². The molecule has 0 fully saturated rings. The molecular formula is C17H22FN3O3. The van der Waals surface area contributed by atoms with Gasteiger partial charge in [0.1, 0.15) is 11.5 Å². The summed E-state index contributed by atoms with van der Waals surface area (Å²) in [4.78, 5) is 24.1. The number of hydrazone groups is 1. The van der Waals surface area contributed by atoms with Crippen molar-refractivity contribution in [2.45, 2.75) is 32.7 Å². The van der Waals surface area contributed by atoms with Crippen LogP contribution in [0, 0.1) is 11.7 Å². The third-order valence-electron chi connectivity index (χ3n) is 3.85. The van der Waals surface area contributed by atoms with E-state index in [-0.39, 0.29) is 43.1 Å². The second kappa shape index (κ2) is 8.54. The van der Waals surface area contributed by atoms with Gasteiger partial charge in [-0.15, -0.1) is 0 Å². The summed E-state index contributed by atoms with van der Waals surface area (Å²) in [6, 6.07) is 5.82. The van der Waals surface area contributed by atoms with Crippen molar-refractivity contribution in [1.82, 2.24) is 10.3 Å². The zero-order valence-corrected chi connectivity index (χ0v) is 13.7. The number of hydrogen-bond acceptors (Lipinski definition) is 4. The van der Waals surface area contributed by atoms with Crippen molar-refractivity contribution in [1.29, 1.82) is 0 Å². The van der Waals surface area contributed by atoms with E-state index in [1.165, 1.54) is 17.1 Å². The number of amides is 2. The number of rotatable bonds is 7. The smallest absolute Gasteiger partial charge is 0.267 e. The van der Waals surface area contributed by atoms with Crippen LogP contribution in [-0.4, -0.2) is 40.8 Å². The molecule has 0 spiro atoms. The van der Waals surface area contributed by atoms with Crippen LogP contribution < -0.4 is 5.32 Å². The molecule has 7 heteroatoms. The van der Waals surface area contributed by atoms with E-state index in [1.54, 1.807) is 12.1 Å². The molecule has 1 atom stereocenters. The van der Waals surface area contributed by atoms with E-state index in [1.807, 2.05) is 6.92 Å². The second-order valence-electron chi connectivity index (χ2n) is 5.95. The fraction of sp³-hybridized carbons (Fsp3) is 0.471. The number of benzene rings is 1. The normalized spacial score (nSPS) is 15.9. The summed E-state index contributed by atoms with van der Waals surface area (Å²) in [5.74, 6) is -0.634.